The van der Waals surface area contributed by atoms with Crippen molar-refractivity contribution in [3.05, 3.63) is 84.8 Å². The maximum atomic E-state index is 12.3. The summed E-state index contributed by atoms with van der Waals surface area (Å²) in [7, 11) is 0. The molecule has 0 saturated heterocycles. The fourth-order valence-electron chi connectivity index (χ4n) is 2.98. The van der Waals surface area contributed by atoms with E-state index < -0.39 is 0 Å². The summed E-state index contributed by atoms with van der Waals surface area (Å²) in [5, 5.41) is 12.0. The number of thioether (sulfide) groups is 1. The molecule has 2 aromatic carbocycles. The second-order valence-electron chi connectivity index (χ2n) is 6.62. The van der Waals surface area contributed by atoms with Crippen LogP contribution in [-0.2, 0) is 4.79 Å². The van der Waals surface area contributed by atoms with Crippen molar-refractivity contribution in [2.75, 3.05) is 5.75 Å². The Morgan fingerprint density at radius 1 is 0.933 bits per heavy atom. The molecule has 7 heteroatoms. The van der Waals surface area contributed by atoms with Gasteiger partial charge in [-0.15, -0.1) is 10.2 Å². The lowest BCUT2D eigenvalue weighted by Crippen LogP contribution is -2.28. The molecule has 4 rings (SSSR count). The average molecular weight is 417 g/mol. The number of carbonyl (C=O) groups is 1. The van der Waals surface area contributed by atoms with E-state index in [2.05, 4.69) is 15.5 Å². The van der Waals surface area contributed by atoms with Crippen LogP contribution in [0.25, 0.3) is 22.5 Å². The Morgan fingerprint density at radius 3 is 2.23 bits per heavy atom. The van der Waals surface area contributed by atoms with Crippen LogP contribution in [-0.4, -0.2) is 26.8 Å². The normalized spacial score (nSPS) is 11.8. The number of nitrogens with zero attached hydrogens (tertiary/aromatic N) is 3. The second-order valence-corrected chi connectivity index (χ2v) is 7.56. The predicted molar refractivity (Wildman–Crippen MR) is 117 cm³/mol. The van der Waals surface area contributed by atoms with Crippen LogP contribution < -0.4 is 5.32 Å². The molecule has 30 heavy (non-hydrogen) atoms. The van der Waals surface area contributed by atoms with Gasteiger partial charge in [-0.1, -0.05) is 72.4 Å². The molecule has 0 saturated carbocycles. The Labute approximate surface area is 178 Å². The molecule has 0 fully saturated rings. The second kappa shape index (κ2) is 9.37. The van der Waals surface area contributed by atoms with Gasteiger partial charge in [-0.25, -0.2) is 4.98 Å². The van der Waals surface area contributed by atoms with Crippen LogP contribution in [0.15, 0.2) is 88.6 Å². The van der Waals surface area contributed by atoms with Gasteiger partial charge < -0.3 is 9.73 Å². The molecular weight excluding hydrogens is 396 g/mol. The van der Waals surface area contributed by atoms with E-state index in [4.69, 9.17) is 9.40 Å². The standard InChI is InChI=1S/C23H20N4O2S/c1-16(19-13-8-14-29-19)24-20(28)15-30-23-25-21(17-9-4-2-5-10-17)22(26-27-23)18-11-6-3-7-12-18/h2-14,16H,15H2,1H3,(H,24,28)/t16-/m1/s1. The van der Waals surface area contributed by atoms with Crippen LogP contribution in [0.5, 0.6) is 0 Å². The highest BCUT2D eigenvalue weighted by molar-refractivity contribution is 7.99. The molecule has 1 amide bonds. The molecule has 4 aromatic rings. The van der Waals surface area contributed by atoms with Gasteiger partial charge in [-0.3, -0.25) is 4.79 Å². The summed E-state index contributed by atoms with van der Waals surface area (Å²) < 4.78 is 5.32. The minimum atomic E-state index is -0.201. The monoisotopic (exact) mass is 416 g/mol. The molecule has 2 heterocycles. The van der Waals surface area contributed by atoms with E-state index in [1.54, 1.807) is 12.3 Å². The van der Waals surface area contributed by atoms with E-state index in [0.29, 0.717) is 16.6 Å². The minimum Gasteiger partial charge on any atom is -0.467 e. The number of hydrogen-bond acceptors (Lipinski definition) is 6. The fraction of sp³-hybridized carbons (Fsp3) is 0.130. The third kappa shape index (κ3) is 4.75. The largest absolute Gasteiger partial charge is 0.467 e. The van der Waals surface area contributed by atoms with Crippen molar-refractivity contribution in [3.63, 3.8) is 0 Å². The zero-order valence-electron chi connectivity index (χ0n) is 16.4. The van der Waals surface area contributed by atoms with Gasteiger partial charge in [-0.2, -0.15) is 0 Å². The minimum absolute atomic E-state index is 0.124. The average Bonchev–Trinajstić information content (AvgIpc) is 3.34. The molecule has 1 atom stereocenters. The number of benzene rings is 2. The molecule has 0 unspecified atom stereocenters. The van der Waals surface area contributed by atoms with Crippen LogP contribution in [0.3, 0.4) is 0 Å². The Kier molecular flexibility index (Phi) is 6.20. The zero-order valence-corrected chi connectivity index (χ0v) is 17.2. The molecular formula is C23H20N4O2S. The van der Waals surface area contributed by atoms with Crippen molar-refractivity contribution >= 4 is 17.7 Å². The third-order valence-corrected chi connectivity index (χ3v) is 5.28. The van der Waals surface area contributed by atoms with Crippen molar-refractivity contribution in [1.82, 2.24) is 20.5 Å². The Balaban J connectivity index is 1.52. The van der Waals surface area contributed by atoms with Gasteiger partial charge in [-0.05, 0) is 19.1 Å². The molecule has 6 nitrogen and oxygen atoms in total. The highest BCUT2D eigenvalue weighted by Crippen LogP contribution is 2.29. The quantitative estimate of drug-likeness (QED) is 0.437. The third-order valence-electron chi connectivity index (χ3n) is 4.44. The van der Waals surface area contributed by atoms with Crippen molar-refractivity contribution in [3.8, 4) is 22.5 Å². The van der Waals surface area contributed by atoms with Crippen molar-refractivity contribution in [2.45, 2.75) is 18.1 Å². The summed E-state index contributed by atoms with van der Waals surface area (Å²) >= 11 is 1.25. The number of nitrogens with one attached hydrogen (secondary N) is 1. The summed E-state index contributed by atoms with van der Waals surface area (Å²) in [5.74, 6) is 0.775. The number of hydrogen-bond donors (Lipinski definition) is 1. The summed E-state index contributed by atoms with van der Waals surface area (Å²) in [4.78, 5) is 17.0. The van der Waals surface area contributed by atoms with E-state index in [0.717, 1.165) is 16.8 Å². The van der Waals surface area contributed by atoms with E-state index >= 15 is 0 Å². The fourth-order valence-corrected chi connectivity index (χ4v) is 3.58. The van der Waals surface area contributed by atoms with Crippen molar-refractivity contribution in [2.24, 2.45) is 0 Å². The first-order chi connectivity index (χ1) is 14.7. The molecule has 0 aliphatic carbocycles. The lowest BCUT2D eigenvalue weighted by molar-refractivity contribution is -0.119. The summed E-state index contributed by atoms with van der Waals surface area (Å²) in [6.45, 7) is 1.88. The first-order valence-corrected chi connectivity index (χ1v) is 10.5. The van der Waals surface area contributed by atoms with Crippen LogP contribution in [0.4, 0.5) is 0 Å². The van der Waals surface area contributed by atoms with Gasteiger partial charge in [0.2, 0.25) is 11.1 Å². The predicted octanol–water partition coefficient (Wildman–Crippen LogP) is 4.77. The number of carbonyl (C=O) groups excluding carboxylic acids is 1. The van der Waals surface area contributed by atoms with Crippen LogP contribution >= 0.6 is 11.8 Å². The topological polar surface area (TPSA) is 80.9 Å². The van der Waals surface area contributed by atoms with E-state index in [-0.39, 0.29) is 17.7 Å². The molecule has 0 spiro atoms. The van der Waals surface area contributed by atoms with Crippen molar-refractivity contribution < 1.29 is 9.21 Å². The Morgan fingerprint density at radius 2 is 1.60 bits per heavy atom. The number of furan rings is 1. The molecule has 0 aliphatic heterocycles. The molecule has 2 aromatic heterocycles. The molecule has 0 aliphatic rings. The van der Waals surface area contributed by atoms with Gasteiger partial charge in [0.1, 0.15) is 17.1 Å². The molecule has 0 bridgehead atoms. The van der Waals surface area contributed by atoms with Gasteiger partial charge in [0.25, 0.3) is 0 Å². The van der Waals surface area contributed by atoms with Gasteiger partial charge in [0.05, 0.1) is 18.1 Å². The lowest BCUT2D eigenvalue weighted by Gasteiger charge is -2.11. The van der Waals surface area contributed by atoms with E-state index in [1.165, 1.54) is 11.8 Å². The van der Waals surface area contributed by atoms with E-state index in [9.17, 15) is 4.79 Å². The Hall–Kier alpha value is -3.45. The summed E-state index contributed by atoms with van der Waals surface area (Å²) in [6, 6.07) is 23.1. The van der Waals surface area contributed by atoms with Gasteiger partial charge in [0, 0.05) is 11.1 Å². The summed E-state index contributed by atoms with van der Waals surface area (Å²) in [5.41, 5.74) is 3.34. The van der Waals surface area contributed by atoms with Gasteiger partial charge >= 0.3 is 0 Å². The zero-order chi connectivity index (χ0) is 20.8. The van der Waals surface area contributed by atoms with Crippen LogP contribution in [0.1, 0.15) is 18.7 Å². The maximum absolute atomic E-state index is 12.3. The first-order valence-electron chi connectivity index (χ1n) is 9.52. The first kappa shape index (κ1) is 19.8. The SMILES string of the molecule is C[C@@H](NC(=O)CSc1nnc(-c2ccccc2)c(-c2ccccc2)n1)c1ccco1. The number of rotatable bonds is 7. The maximum Gasteiger partial charge on any atom is 0.231 e. The van der Waals surface area contributed by atoms with Crippen LogP contribution in [0.2, 0.25) is 0 Å². The molecule has 0 radical (unpaired) electrons. The Bertz CT molecular complexity index is 1100. The molecule has 150 valence electrons. The van der Waals surface area contributed by atoms with Crippen molar-refractivity contribution in [1.29, 1.82) is 0 Å². The van der Waals surface area contributed by atoms with E-state index in [1.807, 2.05) is 73.7 Å². The number of amides is 1. The molecule has 1 N–H and O–H groups in total. The smallest absolute Gasteiger partial charge is 0.231 e. The van der Waals surface area contributed by atoms with Crippen LogP contribution in [0, 0.1) is 0 Å². The lowest BCUT2D eigenvalue weighted by atomic mass is 10.0. The number of aromatic nitrogens is 3. The highest BCUT2D eigenvalue weighted by Gasteiger charge is 2.16. The van der Waals surface area contributed by atoms with Gasteiger partial charge in [0.15, 0.2) is 0 Å². The summed E-state index contributed by atoms with van der Waals surface area (Å²) in [6.07, 6.45) is 1.59. The highest BCUT2D eigenvalue weighted by atomic mass is 32.2.